The molecule has 2 aromatic rings. The summed E-state index contributed by atoms with van der Waals surface area (Å²) in [4.78, 5) is 41.5. The van der Waals surface area contributed by atoms with E-state index in [4.69, 9.17) is 0 Å². The van der Waals surface area contributed by atoms with Crippen LogP contribution in [-0.2, 0) is 16.1 Å². The molecule has 1 aliphatic heterocycles. The fourth-order valence-electron chi connectivity index (χ4n) is 3.15. The second kappa shape index (κ2) is 8.48. The van der Waals surface area contributed by atoms with Crippen LogP contribution in [0.15, 0.2) is 43.0 Å². The number of hydrogen-bond acceptors (Lipinski definition) is 4. The van der Waals surface area contributed by atoms with Crippen molar-refractivity contribution in [3.8, 4) is 0 Å². The number of amides is 2. The highest BCUT2D eigenvalue weighted by molar-refractivity contribution is 5.97. The Kier molecular flexibility index (Phi) is 5.85. The summed E-state index contributed by atoms with van der Waals surface area (Å²) in [5.41, 5.74) is 0.983. The van der Waals surface area contributed by atoms with Crippen molar-refractivity contribution in [1.29, 1.82) is 0 Å². The quantitative estimate of drug-likeness (QED) is 0.807. The van der Waals surface area contributed by atoms with Crippen LogP contribution < -0.4 is 5.32 Å². The maximum absolute atomic E-state index is 12.7. The molecule has 1 aromatic heterocycles. The Morgan fingerprint density at radius 1 is 1.30 bits per heavy atom. The molecule has 3 rings (SSSR count). The highest BCUT2D eigenvalue weighted by Gasteiger charge is 2.28. The second-order valence-electron chi connectivity index (χ2n) is 6.61. The first-order valence-corrected chi connectivity index (χ1v) is 8.90. The number of piperidine rings is 1. The van der Waals surface area contributed by atoms with E-state index in [1.807, 2.05) is 4.57 Å². The molecule has 2 N–H and O–H groups in total. The van der Waals surface area contributed by atoms with E-state index in [2.05, 4.69) is 10.3 Å². The number of imidazole rings is 1. The normalized spacial score (nSPS) is 16.7. The highest BCUT2D eigenvalue weighted by Crippen LogP contribution is 2.20. The molecule has 1 unspecified atom stereocenters. The fraction of sp³-hybridized carbons (Fsp3) is 0.368. The van der Waals surface area contributed by atoms with Crippen LogP contribution in [0.4, 0.5) is 5.69 Å². The molecule has 1 aliphatic rings. The summed E-state index contributed by atoms with van der Waals surface area (Å²) < 4.78 is 1.81. The molecule has 8 heteroatoms. The van der Waals surface area contributed by atoms with Crippen LogP contribution in [0, 0.1) is 5.92 Å². The lowest BCUT2D eigenvalue weighted by atomic mass is 9.97. The van der Waals surface area contributed by atoms with Crippen molar-refractivity contribution in [2.45, 2.75) is 25.8 Å². The van der Waals surface area contributed by atoms with Crippen LogP contribution in [0.1, 0.15) is 29.6 Å². The van der Waals surface area contributed by atoms with Gasteiger partial charge in [-0.25, -0.2) is 4.98 Å². The number of nitrogens with zero attached hydrogens (tertiary/aromatic N) is 3. The Hall–Kier alpha value is -3.16. The highest BCUT2D eigenvalue weighted by atomic mass is 16.4. The first-order valence-electron chi connectivity index (χ1n) is 8.90. The molecular formula is C19H22N4O4. The van der Waals surface area contributed by atoms with Crippen molar-refractivity contribution in [2.24, 2.45) is 5.92 Å². The summed E-state index contributed by atoms with van der Waals surface area (Å²) in [6, 6.07) is 6.73. The molecule has 142 valence electrons. The third-order valence-corrected chi connectivity index (χ3v) is 4.61. The van der Waals surface area contributed by atoms with Crippen LogP contribution in [0.25, 0.3) is 0 Å². The number of benzene rings is 1. The van der Waals surface area contributed by atoms with Gasteiger partial charge in [-0.15, -0.1) is 0 Å². The summed E-state index contributed by atoms with van der Waals surface area (Å²) in [7, 11) is 0. The minimum Gasteiger partial charge on any atom is -0.481 e. The van der Waals surface area contributed by atoms with Crippen LogP contribution in [0.3, 0.4) is 0 Å². The van der Waals surface area contributed by atoms with Gasteiger partial charge < -0.3 is 19.9 Å². The van der Waals surface area contributed by atoms with Crippen molar-refractivity contribution >= 4 is 23.5 Å². The van der Waals surface area contributed by atoms with Gasteiger partial charge in [0.2, 0.25) is 5.91 Å². The van der Waals surface area contributed by atoms with Gasteiger partial charge in [-0.1, -0.05) is 6.07 Å². The number of carbonyl (C=O) groups is 3. The number of carboxylic acids is 1. The van der Waals surface area contributed by atoms with Crippen molar-refractivity contribution in [1.82, 2.24) is 14.5 Å². The minimum atomic E-state index is -0.869. The predicted molar refractivity (Wildman–Crippen MR) is 98.2 cm³/mol. The first kappa shape index (κ1) is 18.6. The topological polar surface area (TPSA) is 105 Å². The second-order valence-corrected chi connectivity index (χ2v) is 6.61. The van der Waals surface area contributed by atoms with Crippen LogP contribution in [-0.4, -0.2) is 50.4 Å². The van der Waals surface area contributed by atoms with Crippen molar-refractivity contribution < 1.29 is 19.5 Å². The van der Waals surface area contributed by atoms with Gasteiger partial charge >= 0.3 is 5.97 Å². The number of aliphatic carboxylic acids is 1. The van der Waals surface area contributed by atoms with Gasteiger partial charge in [0.05, 0.1) is 12.2 Å². The number of carboxylic acid groups (broad SMARTS) is 1. The van der Waals surface area contributed by atoms with E-state index in [1.54, 1.807) is 47.9 Å². The first-order chi connectivity index (χ1) is 13.0. The van der Waals surface area contributed by atoms with Crippen molar-refractivity contribution in [3.05, 3.63) is 48.5 Å². The number of carbonyl (C=O) groups excluding carboxylic acids is 2. The van der Waals surface area contributed by atoms with Gasteiger partial charge in [0, 0.05) is 49.7 Å². The van der Waals surface area contributed by atoms with E-state index in [0.29, 0.717) is 43.6 Å². The summed E-state index contributed by atoms with van der Waals surface area (Å²) in [5, 5.41) is 12.0. The van der Waals surface area contributed by atoms with E-state index in [0.717, 1.165) is 0 Å². The molecule has 2 amide bonds. The number of rotatable bonds is 6. The molecule has 0 saturated carbocycles. The Balaban J connectivity index is 1.60. The number of aryl methyl sites for hydroxylation is 1. The number of aromatic nitrogens is 2. The van der Waals surface area contributed by atoms with E-state index in [9.17, 15) is 19.5 Å². The Morgan fingerprint density at radius 2 is 2.15 bits per heavy atom. The van der Waals surface area contributed by atoms with Gasteiger partial charge in [0.25, 0.3) is 5.91 Å². The molecular weight excluding hydrogens is 348 g/mol. The number of anilines is 1. The lowest BCUT2D eigenvalue weighted by Crippen LogP contribution is -2.42. The van der Waals surface area contributed by atoms with Gasteiger partial charge in [-0.3, -0.25) is 14.4 Å². The van der Waals surface area contributed by atoms with E-state index < -0.39 is 11.9 Å². The summed E-state index contributed by atoms with van der Waals surface area (Å²) in [5.74, 6) is -1.76. The molecule has 1 fully saturated rings. The molecule has 1 atom stereocenters. The predicted octanol–water partition coefficient (Wildman–Crippen LogP) is 1.85. The monoisotopic (exact) mass is 370 g/mol. The van der Waals surface area contributed by atoms with Gasteiger partial charge in [0.1, 0.15) is 0 Å². The molecule has 0 spiro atoms. The maximum Gasteiger partial charge on any atom is 0.308 e. The van der Waals surface area contributed by atoms with Crippen LogP contribution in [0.2, 0.25) is 0 Å². The van der Waals surface area contributed by atoms with E-state index in [-0.39, 0.29) is 18.4 Å². The minimum absolute atomic E-state index is 0.155. The fourth-order valence-corrected chi connectivity index (χ4v) is 3.15. The zero-order valence-electron chi connectivity index (χ0n) is 14.9. The lowest BCUT2D eigenvalue weighted by molar-refractivity contribution is -0.143. The van der Waals surface area contributed by atoms with Gasteiger partial charge in [-0.05, 0) is 31.0 Å². The molecule has 0 bridgehead atoms. The van der Waals surface area contributed by atoms with Crippen molar-refractivity contribution in [3.63, 3.8) is 0 Å². The summed E-state index contributed by atoms with van der Waals surface area (Å²) in [6.07, 6.45) is 6.65. The Labute approximate surface area is 156 Å². The molecule has 2 heterocycles. The maximum atomic E-state index is 12.7. The average Bonchev–Trinajstić information content (AvgIpc) is 3.20. The average molecular weight is 370 g/mol. The van der Waals surface area contributed by atoms with Gasteiger partial charge in [0.15, 0.2) is 0 Å². The zero-order chi connectivity index (χ0) is 19.2. The Bertz CT molecular complexity index is 819. The molecule has 1 saturated heterocycles. The Morgan fingerprint density at radius 3 is 2.89 bits per heavy atom. The molecule has 1 aromatic carbocycles. The largest absolute Gasteiger partial charge is 0.481 e. The van der Waals surface area contributed by atoms with Crippen LogP contribution >= 0.6 is 0 Å². The zero-order valence-corrected chi connectivity index (χ0v) is 14.9. The molecule has 8 nitrogen and oxygen atoms in total. The van der Waals surface area contributed by atoms with Gasteiger partial charge in [-0.2, -0.15) is 0 Å². The summed E-state index contributed by atoms with van der Waals surface area (Å²) in [6.45, 7) is 1.29. The molecule has 27 heavy (non-hydrogen) atoms. The number of nitrogens with one attached hydrogen (secondary N) is 1. The van der Waals surface area contributed by atoms with E-state index >= 15 is 0 Å². The number of likely N-dealkylation sites (tertiary alicyclic amines) is 1. The number of hydrogen-bond donors (Lipinski definition) is 2. The van der Waals surface area contributed by atoms with Crippen LogP contribution in [0.5, 0.6) is 0 Å². The molecule has 0 aliphatic carbocycles. The lowest BCUT2D eigenvalue weighted by Gasteiger charge is -2.30. The van der Waals surface area contributed by atoms with E-state index in [1.165, 1.54) is 0 Å². The SMILES string of the molecule is O=C(CCn1ccnc1)Nc1cccc(C(=O)N2CCCC(C(=O)O)C2)c1. The van der Waals surface area contributed by atoms with Crippen molar-refractivity contribution in [2.75, 3.05) is 18.4 Å². The third kappa shape index (κ3) is 4.93. The third-order valence-electron chi connectivity index (χ3n) is 4.61. The summed E-state index contributed by atoms with van der Waals surface area (Å²) >= 11 is 0. The standard InChI is InChI=1S/C19H22N4O4/c24-17(6-9-22-10-7-20-13-22)21-16-5-1-3-14(11-16)18(25)23-8-2-4-15(12-23)19(26)27/h1,3,5,7,10-11,13,15H,2,4,6,8-9,12H2,(H,21,24)(H,26,27). The molecule has 0 radical (unpaired) electrons. The smallest absolute Gasteiger partial charge is 0.308 e.